The van der Waals surface area contributed by atoms with Crippen LogP contribution in [0.15, 0.2) is 34.8 Å². The van der Waals surface area contributed by atoms with Crippen molar-refractivity contribution in [2.24, 2.45) is 0 Å². The second-order valence-corrected chi connectivity index (χ2v) is 8.00. The van der Waals surface area contributed by atoms with Crippen molar-refractivity contribution in [3.63, 3.8) is 0 Å². The molecular formula is C21H23BrClNO4. The molecule has 3 rings (SSSR count). The number of carbonyl (C=O) groups is 1. The normalized spacial score (nSPS) is 16.2. The quantitative estimate of drug-likeness (QED) is 0.587. The number of amides is 1. The lowest BCUT2D eigenvalue weighted by atomic mass is 10.0. The summed E-state index contributed by atoms with van der Waals surface area (Å²) in [5, 5.41) is 0.484. The molecule has 28 heavy (non-hydrogen) atoms. The highest BCUT2D eigenvalue weighted by Gasteiger charge is 2.31. The third kappa shape index (κ3) is 4.39. The Hall–Kier alpha value is -1.92. The average molecular weight is 469 g/mol. The zero-order valence-corrected chi connectivity index (χ0v) is 18.5. The molecule has 7 heteroatoms. The summed E-state index contributed by atoms with van der Waals surface area (Å²) in [5.74, 6) is 1.81. The van der Waals surface area contributed by atoms with Gasteiger partial charge in [-0.15, -0.1) is 0 Å². The van der Waals surface area contributed by atoms with Gasteiger partial charge < -0.3 is 19.1 Å². The molecule has 2 aromatic rings. The van der Waals surface area contributed by atoms with Gasteiger partial charge in [0.2, 0.25) is 0 Å². The summed E-state index contributed by atoms with van der Waals surface area (Å²) in [7, 11) is 3.22. The molecule has 1 saturated heterocycles. The highest BCUT2D eigenvalue weighted by atomic mass is 79.9. The second kappa shape index (κ2) is 9.05. The maximum Gasteiger partial charge on any atom is 0.261 e. The van der Waals surface area contributed by atoms with Crippen LogP contribution in [-0.4, -0.2) is 38.2 Å². The Morgan fingerprint density at radius 1 is 1.21 bits per heavy atom. The lowest BCUT2D eigenvalue weighted by molar-refractivity contribution is -0.134. The average Bonchev–Trinajstić information content (AvgIpc) is 3.16. The molecule has 1 atom stereocenters. The van der Waals surface area contributed by atoms with Gasteiger partial charge in [0.15, 0.2) is 18.1 Å². The van der Waals surface area contributed by atoms with Gasteiger partial charge in [-0.05, 0) is 55.2 Å². The van der Waals surface area contributed by atoms with Gasteiger partial charge >= 0.3 is 0 Å². The van der Waals surface area contributed by atoms with Crippen molar-refractivity contribution >= 4 is 33.4 Å². The van der Waals surface area contributed by atoms with Crippen LogP contribution in [-0.2, 0) is 4.79 Å². The lowest BCUT2D eigenvalue weighted by Gasteiger charge is -2.26. The van der Waals surface area contributed by atoms with Gasteiger partial charge in [0.05, 0.1) is 25.3 Å². The van der Waals surface area contributed by atoms with E-state index in [4.69, 9.17) is 25.8 Å². The maximum absolute atomic E-state index is 12.9. The topological polar surface area (TPSA) is 48.0 Å². The van der Waals surface area contributed by atoms with Gasteiger partial charge in [-0.25, -0.2) is 0 Å². The monoisotopic (exact) mass is 467 g/mol. The number of carbonyl (C=O) groups excluding carboxylic acids is 1. The largest absolute Gasteiger partial charge is 0.493 e. The molecule has 150 valence electrons. The summed E-state index contributed by atoms with van der Waals surface area (Å²) in [5.41, 5.74) is 1.91. The van der Waals surface area contributed by atoms with Crippen LogP contribution in [0.5, 0.6) is 17.2 Å². The lowest BCUT2D eigenvalue weighted by Crippen LogP contribution is -2.34. The number of hydrogen-bond acceptors (Lipinski definition) is 4. The molecule has 0 unspecified atom stereocenters. The first kappa shape index (κ1) is 20.8. The highest BCUT2D eigenvalue weighted by Crippen LogP contribution is 2.37. The van der Waals surface area contributed by atoms with Crippen molar-refractivity contribution in [1.29, 1.82) is 0 Å². The minimum absolute atomic E-state index is 0.00241. The van der Waals surface area contributed by atoms with Crippen LogP contribution >= 0.6 is 27.5 Å². The molecule has 0 aliphatic carbocycles. The van der Waals surface area contributed by atoms with Crippen LogP contribution in [0, 0.1) is 6.92 Å². The van der Waals surface area contributed by atoms with Crippen LogP contribution in [0.4, 0.5) is 0 Å². The van der Waals surface area contributed by atoms with E-state index in [9.17, 15) is 4.79 Å². The molecule has 1 fully saturated rings. The van der Waals surface area contributed by atoms with Gasteiger partial charge in [0.25, 0.3) is 5.91 Å². The van der Waals surface area contributed by atoms with Crippen molar-refractivity contribution in [1.82, 2.24) is 4.90 Å². The van der Waals surface area contributed by atoms with Gasteiger partial charge in [-0.1, -0.05) is 33.6 Å². The number of ether oxygens (including phenoxy) is 3. The predicted octanol–water partition coefficient (Wildman–Crippen LogP) is 5.17. The summed E-state index contributed by atoms with van der Waals surface area (Å²) in [4.78, 5) is 14.7. The first-order chi connectivity index (χ1) is 13.4. The number of hydrogen-bond donors (Lipinski definition) is 0. The molecule has 5 nitrogen and oxygen atoms in total. The number of halogens is 2. The molecule has 0 N–H and O–H groups in total. The zero-order chi connectivity index (χ0) is 20.3. The fourth-order valence-electron chi connectivity index (χ4n) is 3.56. The summed E-state index contributed by atoms with van der Waals surface area (Å²) < 4.78 is 17.4. The minimum atomic E-state index is -0.0596. The number of aryl methyl sites for hydroxylation is 1. The Labute approximate surface area is 178 Å². The fraction of sp³-hybridized carbons (Fsp3) is 0.381. The van der Waals surface area contributed by atoms with Crippen molar-refractivity contribution < 1.29 is 19.0 Å². The number of likely N-dealkylation sites (tertiary alicyclic amines) is 1. The van der Waals surface area contributed by atoms with E-state index in [1.165, 1.54) is 0 Å². The standard InChI is InChI=1S/C21H23BrClNO4/c1-13-9-15(22)11-16(23)21(13)28-12-20(25)24-8-4-5-17(24)14-6-7-18(26-2)19(10-14)27-3/h6-7,9-11,17H,4-5,8,12H2,1-3H3/t17-/m1/s1. The van der Waals surface area contributed by atoms with E-state index >= 15 is 0 Å². The fourth-order valence-corrected chi connectivity index (χ4v) is 4.59. The summed E-state index contributed by atoms with van der Waals surface area (Å²) in [6, 6.07) is 9.46. The minimum Gasteiger partial charge on any atom is -0.493 e. The van der Waals surface area contributed by atoms with Crippen molar-refractivity contribution in [3.8, 4) is 17.2 Å². The van der Waals surface area contributed by atoms with Crippen LogP contribution in [0.2, 0.25) is 5.02 Å². The molecule has 1 amide bonds. The summed E-state index contributed by atoms with van der Waals surface area (Å²) in [6.45, 7) is 2.55. The second-order valence-electron chi connectivity index (χ2n) is 6.68. The smallest absolute Gasteiger partial charge is 0.261 e. The number of benzene rings is 2. The Kier molecular flexibility index (Phi) is 6.73. The Morgan fingerprint density at radius 2 is 1.96 bits per heavy atom. The van der Waals surface area contributed by atoms with E-state index in [1.54, 1.807) is 20.3 Å². The molecule has 0 bridgehead atoms. The molecule has 0 spiro atoms. The first-order valence-electron chi connectivity index (χ1n) is 9.04. The van der Waals surface area contributed by atoms with Gasteiger partial charge in [0, 0.05) is 11.0 Å². The first-order valence-corrected chi connectivity index (χ1v) is 10.2. The molecule has 1 heterocycles. The van der Waals surface area contributed by atoms with E-state index in [-0.39, 0.29) is 18.6 Å². The highest BCUT2D eigenvalue weighted by molar-refractivity contribution is 9.10. The van der Waals surface area contributed by atoms with Crippen LogP contribution in [0.1, 0.15) is 30.0 Å². The third-order valence-electron chi connectivity index (χ3n) is 4.90. The molecular weight excluding hydrogens is 446 g/mol. The molecule has 0 saturated carbocycles. The Bertz CT molecular complexity index is 850. The maximum atomic E-state index is 12.9. The predicted molar refractivity (Wildman–Crippen MR) is 113 cm³/mol. The van der Waals surface area contributed by atoms with Crippen molar-refractivity contribution in [2.75, 3.05) is 27.4 Å². The zero-order valence-electron chi connectivity index (χ0n) is 16.1. The van der Waals surface area contributed by atoms with E-state index in [0.717, 1.165) is 28.4 Å². The van der Waals surface area contributed by atoms with E-state index in [0.29, 0.717) is 28.8 Å². The molecule has 2 aromatic carbocycles. The number of methoxy groups -OCH3 is 2. The number of nitrogens with zero attached hydrogens (tertiary/aromatic N) is 1. The van der Waals surface area contributed by atoms with Crippen LogP contribution < -0.4 is 14.2 Å². The van der Waals surface area contributed by atoms with Gasteiger partial charge in [-0.2, -0.15) is 0 Å². The molecule has 0 aromatic heterocycles. The van der Waals surface area contributed by atoms with E-state index < -0.39 is 0 Å². The number of rotatable bonds is 6. The van der Waals surface area contributed by atoms with Crippen LogP contribution in [0.25, 0.3) is 0 Å². The third-order valence-corrected chi connectivity index (χ3v) is 5.64. The Morgan fingerprint density at radius 3 is 2.64 bits per heavy atom. The van der Waals surface area contributed by atoms with Crippen molar-refractivity contribution in [2.45, 2.75) is 25.8 Å². The van der Waals surface area contributed by atoms with Crippen LogP contribution in [0.3, 0.4) is 0 Å². The summed E-state index contributed by atoms with van der Waals surface area (Å²) in [6.07, 6.45) is 1.85. The van der Waals surface area contributed by atoms with E-state index in [1.807, 2.05) is 36.1 Å². The SMILES string of the molecule is COc1ccc([C@H]2CCCN2C(=O)COc2c(C)cc(Br)cc2Cl)cc1OC. The Balaban J connectivity index is 1.73. The van der Waals surface area contributed by atoms with E-state index in [2.05, 4.69) is 15.9 Å². The summed E-state index contributed by atoms with van der Waals surface area (Å²) >= 11 is 9.66. The van der Waals surface area contributed by atoms with Gasteiger partial charge in [0.1, 0.15) is 5.75 Å². The molecule has 1 aliphatic rings. The van der Waals surface area contributed by atoms with Crippen molar-refractivity contribution in [3.05, 3.63) is 51.0 Å². The molecule has 0 radical (unpaired) electrons. The van der Waals surface area contributed by atoms with Gasteiger partial charge in [-0.3, -0.25) is 4.79 Å². The molecule has 1 aliphatic heterocycles.